The van der Waals surface area contributed by atoms with Crippen LogP contribution in [0.4, 0.5) is 0 Å². The van der Waals surface area contributed by atoms with Crippen molar-refractivity contribution in [1.82, 2.24) is 5.32 Å². The number of aliphatic carboxylic acids is 2. The van der Waals surface area contributed by atoms with E-state index in [1.165, 1.54) is 0 Å². The second kappa shape index (κ2) is 19.9. The van der Waals surface area contributed by atoms with Gasteiger partial charge in [-0.1, -0.05) is 48.2 Å². The minimum absolute atomic E-state index is 0.386. The van der Waals surface area contributed by atoms with Crippen molar-refractivity contribution in [2.24, 2.45) is 0 Å². The van der Waals surface area contributed by atoms with Gasteiger partial charge in [0, 0.05) is 48.2 Å². The van der Waals surface area contributed by atoms with Gasteiger partial charge in [-0.3, -0.25) is 0 Å². The molecular weight excluding hydrogens is 633 g/mol. The molecule has 2 aromatic carbocycles. The number of fused-ring (bicyclic) bond motifs is 1. The lowest BCUT2D eigenvalue weighted by Gasteiger charge is -2.33. The number of nitrogens with one attached hydrogen (secondary N) is 1. The Bertz CT molecular complexity index is 1180. The van der Waals surface area contributed by atoms with Crippen LogP contribution in [0.5, 0.6) is 5.75 Å². The molecule has 0 aliphatic carbocycles. The first-order valence-electron chi connectivity index (χ1n) is 14.6. The van der Waals surface area contributed by atoms with Crippen molar-refractivity contribution in [3.8, 4) is 5.75 Å². The average molecular weight is 677 g/mol. The van der Waals surface area contributed by atoms with E-state index in [1.54, 1.807) is 0 Å². The van der Waals surface area contributed by atoms with E-state index < -0.39 is 36.0 Å². The maximum Gasteiger partial charge on any atom is 0.335 e. The number of carboxylic acid groups (broad SMARTS) is 2. The molecule has 0 saturated heterocycles. The van der Waals surface area contributed by atoms with Crippen LogP contribution in [0, 0.1) is 0 Å². The summed E-state index contributed by atoms with van der Waals surface area (Å²) in [6.45, 7) is 7.86. The van der Waals surface area contributed by atoms with Crippen molar-refractivity contribution in [1.29, 1.82) is 0 Å². The second-order valence-electron chi connectivity index (χ2n) is 10.7. The highest BCUT2D eigenvalue weighted by molar-refractivity contribution is 6.35. The largest absolute Gasteiger partial charge is 0.479 e. The number of ether oxygens (including phenoxy) is 4. The van der Waals surface area contributed by atoms with Gasteiger partial charge in [-0.05, 0) is 49.2 Å². The zero-order valence-corrected chi connectivity index (χ0v) is 26.9. The van der Waals surface area contributed by atoms with Crippen LogP contribution >= 0.6 is 23.2 Å². The lowest BCUT2D eigenvalue weighted by Crippen LogP contribution is -2.39. The third kappa shape index (κ3) is 14.2. The fourth-order valence-corrected chi connectivity index (χ4v) is 4.57. The first-order chi connectivity index (χ1) is 21.3. The molecule has 0 spiro atoms. The molecule has 0 bridgehead atoms. The van der Waals surface area contributed by atoms with Crippen LogP contribution in [0.2, 0.25) is 10.0 Å². The Kier molecular flexibility index (Phi) is 17.1. The number of carbonyl (C=O) groups is 2. The smallest absolute Gasteiger partial charge is 0.335 e. The van der Waals surface area contributed by atoms with Crippen LogP contribution in [-0.4, -0.2) is 88.4 Å². The molecule has 2 aromatic rings. The Morgan fingerprint density at radius 3 is 2.18 bits per heavy atom. The van der Waals surface area contributed by atoms with Crippen molar-refractivity contribution in [3.05, 3.63) is 63.1 Å². The van der Waals surface area contributed by atoms with Crippen LogP contribution < -0.4 is 10.1 Å². The molecule has 3 atom stereocenters. The summed E-state index contributed by atoms with van der Waals surface area (Å²) >= 11 is 12.3. The Balaban J connectivity index is 0.000000607. The van der Waals surface area contributed by atoms with E-state index in [0.29, 0.717) is 43.0 Å². The van der Waals surface area contributed by atoms with E-state index >= 15 is 0 Å². The lowest BCUT2D eigenvalue weighted by molar-refractivity contribution is -0.180. The first-order valence-corrected chi connectivity index (χ1v) is 15.3. The van der Waals surface area contributed by atoms with Gasteiger partial charge in [-0.25, -0.2) is 9.59 Å². The summed E-state index contributed by atoms with van der Waals surface area (Å²) in [5.74, 6) is -3.32. The molecule has 45 heavy (non-hydrogen) atoms. The normalized spacial score (nSPS) is 15.5. The first kappa shape index (κ1) is 38.7. The minimum atomic E-state index is -2.27. The Hall–Kier alpha value is -2.52. The zero-order chi connectivity index (χ0) is 33.4. The molecule has 0 saturated carbocycles. The summed E-state index contributed by atoms with van der Waals surface area (Å²) in [5, 5.41) is 47.6. The summed E-state index contributed by atoms with van der Waals surface area (Å²) < 4.78 is 22.7. The Morgan fingerprint density at radius 2 is 1.53 bits per heavy atom. The van der Waals surface area contributed by atoms with Crippen molar-refractivity contribution in [2.75, 3.05) is 32.9 Å². The van der Waals surface area contributed by atoms with E-state index in [4.69, 9.17) is 62.6 Å². The fourth-order valence-electron chi connectivity index (χ4n) is 4.06. The summed E-state index contributed by atoms with van der Waals surface area (Å²) in [6.07, 6.45) is -0.766. The molecule has 1 aliphatic rings. The third-order valence-corrected chi connectivity index (χ3v) is 7.32. The van der Waals surface area contributed by atoms with Gasteiger partial charge in [0.2, 0.25) is 5.79 Å². The zero-order valence-electron chi connectivity index (χ0n) is 25.4. The molecule has 0 radical (unpaired) electrons. The highest BCUT2D eigenvalue weighted by atomic mass is 35.5. The van der Waals surface area contributed by atoms with Crippen molar-refractivity contribution >= 4 is 35.1 Å². The highest BCUT2D eigenvalue weighted by Crippen LogP contribution is 2.33. The summed E-state index contributed by atoms with van der Waals surface area (Å²) in [7, 11) is 0. The van der Waals surface area contributed by atoms with Crippen molar-refractivity contribution < 1.29 is 54.1 Å². The molecule has 6 N–H and O–H groups in total. The molecule has 0 amide bonds. The van der Waals surface area contributed by atoms with E-state index in [1.807, 2.05) is 50.2 Å². The molecule has 14 heteroatoms. The maximum absolute atomic E-state index is 10.5. The predicted octanol–water partition coefficient (Wildman–Crippen LogP) is 3.93. The van der Waals surface area contributed by atoms with Crippen LogP contribution in [0.1, 0.15) is 62.3 Å². The van der Waals surface area contributed by atoms with Crippen LogP contribution in [0.15, 0.2) is 36.4 Å². The summed E-state index contributed by atoms with van der Waals surface area (Å²) in [5.41, 5.74) is 2.66. The number of unbranched alkanes of at least 4 members (excludes halogenated alkanes) is 3. The van der Waals surface area contributed by atoms with Gasteiger partial charge in [-0.2, -0.15) is 0 Å². The van der Waals surface area contributed by atoms with Crippen molar-refractivity contribution in [2.45, 2.75) is 76.8 Å². The molecular formula is C31H43Cl2NO11. The van der Waals surface area contributed by atoms with Gasteiger partial charge in [0.25, 0.3) is 0 Å². The minimum Gasteiger partial charge on any atom is -0.479 e. The third-order valence-electron chi connectivity index (χ3n) is 6.62. The van der Waals surface area contributed by atoms with Gasteiger partial charge in [-0.15, -0.1) is 0 Å². The lowest BCUT2D eigenvalue weighted by atomic mass is 10.0. The van der Waals surface area contributed by atoms with E-state index in [2.05, 4.69) is 5.32 Å². The second-order valence-corrected chi connectivity index (χ2v) is 11.5. The number of aliphatic hydroxyl groups is 3. The SMILES string of the molecule is CC1(C)OCc2cc([C@@H](O)CNCCCCCCOCCOCc3c(Cl)cccc3Cl)ccc2O1.O=C(O)[C@H](O)[C@@H](O)C(=O)O. The number of carboxylic acids is 2. The molecule has 0 unspecified atom stereocenters. The van der Waals surface area contributed by atoms with Crippen LogP contribution in [0.25, 0.3) is 0 Å². The van der Waals surface area contributed by atoms with E-state index in [9.17, 15) is 14.7 Å². The van der Waals surface area contributed by atoms with Crippen LogP contribution in [-0.2, 0) is 37.0 Å². The number of rotatable bonds is 18. The Morgan fingerprint density at radius 1 is 0.911 bits per heavy atom. The number of hydrogen-bond acceptors (Lipinski definition) is 10. The average Bonchev–Trinajstić information content (AvgIpc) is 2.99. The quantitative estimate of drug-likeness (QED) is 0.125. The molecule has 12 nitrogen and oxygen atoms in total. The van der Waals surface area contributed by atoms with Gasteiger partial charge < -0.3 is 49.8 Å². The molecule has 252 valence electrons. The van der Waals surface area contributed by atoms with Gasteiger partial charge in [0.05, 0.1) is 32.5 Å². The van der Waals surface area contributed by atoms with Gasteiger partial charge in [0.1, 0.15) is 5.75 Å². The monoisotopic (exact) mass is 675 g/mol. The summed E-state index contributed by atoms with van der Waals surface area (Å²) in [4.78, 5) is 19.5. The molecule has 1 aliphatic heterocycles. The maximum atomic E-state index is 10.5. The van der Waals surface area contributed by atoms with Gasteiger partial charge in [0.15, 0.2) is 12.2 Å². The highest BCUT2D eigenvalue weighted by Gasteiger charge is 2.29. The molecule has 1 heterocycles. The summed E-state index contributed by atoms with van der Waals surface area (Å²) in [6, 6.07) is 11.2. The number of halogens is 2. The van der Waals surface area contributed by atoms with Crippen LogP contribution in [0.3, 0.4) is 0 Å². The van der Waals surface area contributed by atoms with E-state index in [-0.39, 0.29) is 0 Å². The predicted molar refractivity (Wildman–Crippen MR) is 166 cm³/mol. The number of benzene rings is 2. The molecule has 3 rings (SSSR count). The fraction of sp³-hybridized carbons (Fsp3) is 0.548. The molecule has 0 fully saturated rings. The topological polar surface area (TPSA) is 184 Å². The van der Waals surface area contributed by atoms with E-state index in [0.717, 1.165) is 61.3 Å². The van der Waals surface area contributed by atoms with Crippen molar-refractivity contribution in [3.63, 3.8) is 0 Å². The number of aliphatic hydroxyl groups excluding tert-OH is 3. The van der Waals surface area contributed by atoms with Gasteiger partial charge >= 0.3 is 11.9 Å². The Labute approximate surface area is 272 Å². The number of hydrogen-bond donors (Lipinski definition) is 6. The molecule has 0 aromatic heterocycles. The standard InChI is InChI=1S/C27H37Cl2NO5.C4H6O6/c1-27(2)34-18-21-16-20(10-11-26(21)35-27)25(31)17-30-12-5-3-4-6-13-32-14-15-33-19-22-23(28)8-7-9-24(22)29;5-1(3(7)8)2(6)4(9)10/h7-11,16,25,30-31H,3-6,12-15,17-19H2,1-2H3;1-2,5-6H,(H,7,8)(H,9,10)/t25-;1-,2-/m01/s1.